The van der Waals surface area contributed by atoms with Gasteiger partial charge in [-0.05, 0) is 47.7 Å². The van der Waals surface area contributed by atoms with Crippen molar-refractivity contribution >= 4 is 47.1 Å². The number of benzene rings is 1. The fourth-order valence-electron chi connectivity index (χ4n) is 3.96. The predicted octanol–water partition coefficient (Wildman–Crippen LogP) is 3.47. The van der Waals surface area contributed by atoms with E-state index in [1.54, 1.807) is 6.92 Å². The SMILES string of the molecule is CCOC(=O)OC(C)OC(=O)C(CCc1ccccc1)NC1CSC(c2ccsc2)CN(CC(=O)O)C1=O. The topological polar surface area (TPSA) is 131 Å². The molecule has 1 aliphatic heterocycles. The monoisotopic (exact) mass is 564 g/mol. The average molecular weight is 565 g/mol. The molecule has 0 bridgehead atoms. The van der Waals surface area contributed by atoms with Crippen LogP contribution in [-0.2, 0) is 35.0 Å². The van der Waals surface area contributed by atoms with Crippen LogP contribution in [0.2, 0.25) is 0 Å². The maximum Gasteiger partial charge on any atom is 0.511 e. The first-order valence-electron chi connectivity index (χ1n) is 12.2. The van der Waals surface area contributed by atoms with Crippen LogP contribution in [0.25, 0.3) is 0 Å². The number of amides is 1. The van der Waals surface area contributed by atoms with Crippen LogP contribution in [0.4, 0.5) is 4.79 Å². The van der Waals surface area contributed by atoms with Crippen LogP contribution in [-0.4, -0.2) is 77.8 Å². The summed E-state index contributed by atoms with van der Waals surface area (Å²) < 4.78 is 15.0. The van der Waals surface area contributed by atoms with Gasteiger partial charge in [-0.15, -0.1) is 11.8 Å². The van der Waals surface area contributed by atoms with Crippen molar-refractivity contribution in [3.8, 4) is 0 Å². The number of nitrogens with zero attached hydrogens (tertiary/aromatic N) is 1. The number of thiophene rings is 1. The van der Waals surface area contributed by atoms with E-state index < -0.39 is 48.9 Å². The Labute approximate surface area is 229 Å². The van der Waals surface area contributed by atoms with E-state index in [1.165, 1.54) is 34.9 Å². The minimum atomic E-state index is -1.20. The molecular formula is C26H32N2O8S2. The second-order valence-corrected chi connectivity index (χ2v) is 10.6. The number of thioether (sulfide) groups is 1. The average Bonchev–Trinajstić information content (AvgIpc) is 3.37. The lowest BCUT2D eigenvalue weighted by molar-refractivity contribution is -0.171. The summed E-state index contributed by atoms with van der Waals surface area (Å²) in [5.74, 6) is -1.87. The molecule has 2 aromatic rings. The molecule has 1 fully saturated rings. The number of aryl methyl sites for hydroxylation is 1. The van der Waals surface area contributed by atoms with Crippen molar-refractivity contribution in [1.29, 1.82) is 0 Å². The standard InChI is InChI=1S/C26H32N2O8S2/c1-3-34-26(33)36-17(2)35-25(32)20(10-9-18-7-5-4-6-8-18)27-21-16-38-22(19-11-12-37-15-19)13-28(24(21)31)14-23(29)30/h4-8,11-12,15,17,20-22,27H,3,9-10,13-14,16H2,1-2H3,(H,29,30). The van der Waals surface area contributed by atoms with Gasteiger partial charge in [0, 0.05) is 24.5 Å². The zero-order valence-corrected chi connectivity index (χ0v) is 22.9. The molecule has 0 spiro atoms. The molecule has 4 atom stereocenters. The summed E-state index contributed by atoms with van der Waals surface area (Å²) in [7, 11) is 0. The third-order valence-electron chi connectivity index (χ3n) is 5.76. The molecule has 1 saturated heterocycles. The molecule has 12 heteroatoms. The van der Waals surface area contributed by atoms with Crippen LogP contribution < -0.4 is 5.32 Å². The number of nitrogens with one attached hydrogen (secondary N) is 1. The zero-order chi connectivity index (χ0) is 27.5. The van der Waals surface area contributed by atoms with Crippen LogP contribution in [0.3, 0.4) is 0 Å². The molecule has 206 valence electrons. The van der Waals surface area contributed by atoms with E-state index >= 15 is 0 Å². The molecule has 0 saturated carbocycles. The molecule has 1 aliphatic rings. The van der Waals surface area contributed by atoms with Gasteiger partial charge < -0.3 is 24.2 Å². The molecule has 0 radical (unpaired) electrons. The van der Waals surface area contributed by atoms with Crippen molar-refractivity contribution in [2.75, 3.05) is 25.4 Å². The number of hydrogen-bond donors (Lipinski definition) is 2. The Hall–Kier alpha value is -3.09. The highest BCUT2D eigenvalue weighted by molar-refractivity contribution is 7.99. The third kappa shape index (κ3) is 9.03. The van der Waals surface area contributed by atoms with Gasteiger partial charge in [-0.1, -0.05) is 30.3 Å². The number of rotatable bonds is 12. The normalized spacial score (nSPS) is 19.2. The van der Waals surface area contributed by atoms with E-state index in [-0.39, 0.29) is 18.4 Å². The molecule has 0 aliphatic carbocycles. The first kappa shape index (κ1) is 29.5. The Morgan fingerprint density at radius 1 is 1.18 bits per heavy atom. The molecule has 3 rings (SSSR count). The summed E-state index contributed by atoms with van der Waals surface area (Å²) in [5.41, 5.74) is 2.02. The first-order chi connectivity index (χ1) is 18.3. The van der Waals surface area contributed by atoms with Crippen LogP contribution in [0.1, 0.15) is 36.6 Å². The lowest BCUT2D eigenvalue weighted by Gasteiger charge is -2.27. The van der Waals surface area contributed by atoms with Crippen molar-refractivity contribution in [2.45, 2.75) is 50.3 Å². The fraction of sp³-hybridized carbons (Fsp3) is 0.462. The van der Waals surface area contributed by atoms with E-state index in [0.29, 0.717) is 18.6 Å². The molecule has 10 nitrogen and oxygen atoms in total. The highest BCUT2D eigenvalue weighted by atomic mass is 32.2. The van der Waals surface area contributed by atoms with Gasteiger partial charge in [0.25, 0.3) is 0 Å². The lowest BCUT2D eigenvalue weighted by atomic mass is 10.0. The van der Waals surface area contributed by atoms with Crippen molar-refractivity contribution < 1.29 is 38.5 Å². The number of carboxylic acid groups (broad SMARTS) is 1. The van der Waals surface area contributed by atoms with Gasteiger partial charge in [-0.25, -0.2) is 4.79 Å². The molecule has 2 heterocycles. The number of esters is 1. The Kier molecular flexibility index (Phi) is 11.4. The quantitative estimate of drug-likeness (QED) is 0.292. The predicted molar refractivity (Wildman–Crippen MR) is 143 cm³/mol. The lowest BCUT2D eigenvalue weighted by Crippen LogP contribution is -2.54. The van der Waals surface area contributed by atoms with E-state index in [9.17, 15) is 24.3 Å². The number of carboxylic acids is 1. The van der Waals surface area contributed by atoms with Crippen LogP contribution in [0.5, 0.6) is 0 Å². The molecule has 1 aromatic heterocycles. The largest absolute Gasteiger partial charge is 0.511 e. The number of aliphatic carboxylic acids is 1. The Balaban J connectivity index is 1.76. The van der Waals surface area contributed by atoms with Crippen molar-refractivity contribution in [3.05, 3.63) is 58.3 Å². The summed E-state index contributed by atoms with van der Waals surface area (Å²) in [6, 6.07) is 9.77. The molecule has 38 heavy (non-hydrogen) atoms. The zero-order valence-electron chi connectivity index (χ0n) is 21.2. The number of ether oxygens (including phenoxy) is 3. The van der Waals surface area contributed by atoms with E-state index in [0.717, 1.165) is 11.1 Å². The van der Waals surface area contributed by atoms with Crippen molar-refractivity contribution in [1.82, 2.24) is 10.2 Å². The van der Waals surface area contributed by atoms with Crippen LogP contribution in [0.15, 0.2) is 47.2 Å². The first-order valence-corrected chi connectivity index (χ1v) is 14.2. The number of carbonyl (C=O) groups excluding carboxylic acids is 3. The second kappa shape index (κ2) is 14.7. The summed E-state index contributed by atoms with van der Waals surface area (Å²) >= 11 is 3.07. The van der Waals surface area contributed by atoms with Crippen LogP contribution >= 0.6 is 23.1 Å². The highest BCUT2D eigenvalue weighted by Crippen LogP contribution is 2.34. The van der Waals surface area contributed by atoms with Gasteiger partial charge in [0.2, 0.25) is 12.2 Å². The molecule has 2 N–H and O–H groups in total. The summed E-state index contributed by atoms with van der Waals surface area (Å²) in [4.78, 5) is 51.0. The van der Waals surface area contributed by atoms with E-state index in [4.69, 9.17) is 14.2 Å². The fourth-order valence-corrected chi connectivity index (χ4v) is 6.05. The maximum atomic E-state index is 13.4. The second-order valence-electron chi connectivity index (χ2n) is 8.59. The molecular weight excluding hydrogens is 532 g/mol. The van der Waals surface area contributed by atoms with Gasteiger partial charge in [0.05, 0.1) is 12.6 Å². The number of carbonyl (C=O) groups is 4. The molecule has 1 aromatic carbocycles. The van der Waals surface area contributed by atoms with E-state index in [1.807, 2.05) is 47.2 Å². The molecule has 4 unspecified atom stereocenters. The van der Waals surface area contributed by atoms with Gasteiger partial charge in [-0.3, -0.25) is 19.7 Å². The number of hydrogen-bond acceptors (Lipinski definition) is 10. The maximum absolute atomic E-state index is 13.4. The summed E-state index contributed by atoms with van der Waals surface area (Å²) in [6.07, 6.45) is -1.34. The van der Waals surface area contributed by atoms with E-state index in [2.05, 4.69) is 5.32 Å². The Morgan fingerprint density at radius 3 is 2.61 bits per heavy atom. The minimum absolute atomic E-state index is 0.0935. The van der Waals surface area contributed by atoms with Crippen LogP contribution in [0, 0.1) is 0 Å². The minimum Gasteiger partial charge on any atom is -0.480 e. The smallest absolute Gasteiger partial charge is 0.480 e. The Bertz CT molecular complexity index is 1070. The Morgan fingerprint density at radius 2 is 1.95 bits per heavy atom. The summed E-state index contributed by atoms with van der Waals surface area (Å²) in [6.45, 7) is 2.94. The highest BCUT2D eigenvalue weighted by Gasteiger charge is 2.36. The van der Waals surface area contributed by atoms with Gasteiger partial charge in [0.15, 0.2) is 0 Å². The van der Waals surface area contributed by atoms with Gasteiger partial charge in [0.1, 0.15) is 12.6 Å². The van der Waals surface area contributed by atoms with Gasteiger partial charge >= 0.3 is 18.1 Å². The van der Waals surface area contributed by atoms with Crippen molar-refractivity contribution in [2.24, 2.45) is 0 Å². The molecule has 1 amide bonds. The van der Waals surface area contributed by atoms with Gasteiger partial charge in [-0.2, -0.15) is 11.3 Å². The summed E-state index contributed by atoms with van der Waals surface area (Å²) in [5, 5.41) is 16.4. The van der Waals surface area contributed by atoms with Crippen molar-refractivity contribution in [3.63, 3.8) is 0 Å². The third-order valence-corrected chi connectivity index (χ3v) is 7.81.